The zero-order valence-electron chi connectivity index (χ0n) is 12.5. The van der Waals surface area contributed by atoms with Gasteiger partial charge in [-0.05, 0) is 36.6 Å². The molecule has 0 saturated heterocycles. The maximum atomic E-state index is 11.5. The van der Waals surface area contributed by atoms with Gasteiger partial charge in [-0.1, -0.05) is 22.9 Å². The van der Waals surface area contributed by atoms with E-state index >= 15 is 0 Å². The van der Waals surface area contributed by atoms with Gasteiger partial charge in [0.05, 0.1) is 5.92 Å². The number of hydrogen-bond acceptors (Lipinski definition) is 5. The largest absolute Gasteiger partial charge is 0.484 e. The van der Waals surface area contributed by atoms with Crippen LogP contribution in [0.15, 0.2) is 28.7 Å². The summed E-state index contributed by atoms with van der Waals surface area (Å²) in [7, 11) is 0. The van der Waals surface area contributed by atoms with Gasteiger partial charge < -0.3 is 9.47 Å². The molecule has 2 rings (SSSR count). The molecule has 1 aliphatic rings. The van der Waals surface area contributed by atoms with Crippen LogP contribution in [0.2, 0.25) is 0 Å². The van der Waals surface area contributed by atoms with Crippen LogP contribution in [-0.4, -0.2) is 31.0 Å². The third-order valence-electron chi connectivity index (χ3n) is 3.28. The molecule has 0 aromatic heterocycles. The number of hydrogen-bond donors (Lipinski definition) is 2. The van der Waals surface area contributed by atoms with Gasteiger partial charge in [-0.3, -0.25) is 25.2 Å². The molecular weight excluding hydrogens is 368 g/mol. The summed E-state index contributed by atoms with van der Waals surface area (Å²) < 4.78 is 11.0. The first-order valence-electron chi connectivity index (χ1n) is 7.08. The van der Waals surface area contributed by atoms with Crippen LogP contribution in [0.4, 0.5) is 0 Å². The second kappa shape index (κ2) is 7.96. The highest BCUT2D eigenvalue weighted by atomic mass is 79.9. The molecule has 1 saturated carbocycles. The van der Waals surface area contributed by atoms with E-state index in [1.54, 1.807) is 24.3 Å². The van der Waals surface area contributed by atoms with E-state index in [2.05, 4.69) is 26.8 Å². The Kier molecular flexibility index (Phi) is 5.97. The maximum Gasteiger partial charge on any atom is 0.309 e. The molecule has 23 heavy (non-hydrogen) atoms. The molecule has 1 aromatic rings. The van der Waals surface area contributed by atoms with Crippen molar-refractivity contribution in [2.75, 3.05) is 13.2 Å². The summed E-state index contributed by atoms with van der Waals surface area (Å²) in [6.07, 6.45) is 0.796. The van der Waals surface area contributed by atoms with Crippen LogP contribution < -0.4 is 15.6 Å². The number of ether oxygens (including phenoxy) is 2. The van der Waals surface area contributed by atoms with E-state index in [1.807, 2.05) is 6.92 Å². The summed E-state index contributed by atoms with van der Waals surface area (Å²) in [6, 6.07) is 6.97. The van der Waals surface area contributed by atoms with E-state index in [-0.39, 0.29) is 18.5 Å². The number of rotatable bonds is 6. The summed E-state index contributed by atoms with van der Waals surface area (Å²) in [5.74, 6) is -0.760. The molecule has 8 heteroatoms. The second-order valence-electron chi connectivity index (χ2n) is 5.27. The Morgan fingerprint density at radius 2 is 1.70 bits per heavy atom. The Hall–Kier alpha value is -2.09. The molecule has 0 radical (unpaired) electrons. The number of halogens is 1. The summed E-state index contributed by atoms with van der Waals surface area (Å²) in [5, 5.41) is 0. The lowest BCUT2D eigenvalue weighted by molar-refractivity contribution is -0.150. The van der Waals surface area contributed by atoms with Gasteiger partial charge in [-0.25, -0.2) is 0 Å². The first-order chi connectivity index (χ1) is 11.0. The van der Waals surface area contributed by atoms with Crippen molar-refractivity contribution in [1.82, 2.24) is 10.9 Å². The van der Waals surface area contributed by atoms with Crippen molar-refractivity contribution in [1.29, 1.82) is 0 Å². The molecule has 1 fully saturated rings. The minimum atomic E-state index is -0.608. The lowest BCUT2D eigenvalue weighted by Gasteiger charge is -2.09. The fraction of sp³-hybridized carbons (Fsp3) is 0.400. The molecule has 2 amide bonds. The summed E-state index contributed by atoms with van der Waals surface area (Å²) in [6.45, 7) is 1.27. The number of carbonyl (C=O) groups is 3. The zero-order valence-corrected chi connectivity index (χ0v) is 14.1. The molecule has 0 unspecified atom stereocenters. The van der Waals surface area contributed by atoms with Crippen molar-refractivity contribution in [2.24, 2.45) is 11.8 Å². The highest BCUT2D eigenvalue weighted by Crippen LogP contribution is 2.38. The smallest absolute Gasteiger partial charge is 0.309 e. The highest BCUT2D eigenvalue weighted by molar-refractivity contribution is 9.10. The summed E-state index contributed by atoms with van der Waals surface area (Å²) in [5.41, 5.74) is 4.33. The lowest BCUT2D eigenvalue weighted by Crippen LogP contribution is -2.45. The standard InChI is InChI=1S/C15H17BrN2O5/c1-9-6-12(9)15(21)23-8-14(20)18-17-13(19)7-22-11-4-2-10(16)3-5-11/h2-5,9,12H,6-8H2,1H3,(H,17,19)(H,18,20)/t9-,12+/m0/s1. The molecule has 7 nitrogen and oxygen atoms in total. The van der Waals surface area contributed by atoms with Crippen LogP contribution in [0, 0.1) is 11.8 Å². The molecule has 0 heterocycles. The maximum absolute atomic E-state index is 11.5. The van der Waals surface area contributed by atoms with E-state index in [1.165, 1.54) is 0 Å². The highest BCUT2D eigenvalue weighted by Gasteiger charge is 2.40. The third kappa shape index (κ3) is 5.90. The average Bonchev–Trinajstić information content (AvgIpc) is 3.27. The summed E-state index contributed by atoms with van der Waals surface area (Å²) >= 11 is 3.29. The number of benzene rings is 1. The first kappa shape index (κ1) is 17.3. The minimum absolute atomic E-state index is 0.100. The predicted octanol–water partition coefficient (Wildman–Crippen LogP) is 1.17. The van der Waals surface area contributed by atoms with Crippen LogP contribution in [0.5, 0.6) is 5.75 Å². The fourth-order valence-electron chi connectivity index (χ4n) is 1.79. The molecule has 2 atom stereocenters. The molecule has 2 N–H and O–H groups in total. The van der Waals surface area contributed by atoms with E-state index < -0.39 is 18.4 Å². The van der Waals surface area contributed by atoms with Crippen molar-refractivity contribution in [2.45, 2.75) is 13.3 Å². The van der Waals surface area contributed by atoms with Crippen molar-refractivity contribution in [3.63, 3.8) is 0 Å². The fourth-order valence-corrected chi connectivity index (χ4v) is 2.05. The van der Waals surface area contributed by atoms with Crippen molar-refractivity contribution in [3.8, 4) is 5.75 Å². The van der Waals surface area contributed by atoms with Crippen LogP contribution in [-0.2, 0) is 19.1 Å². The van der Waals surface area contributed by atoms with Gasteiger partial charge in [0.25, 0.3) is 11.8 Å². The van der Waals surface area contributed by atoms with Crippen LogP contribution >= 0.6 is 15.9 Å². The Labute approximate surface area is 141 Å². The van der Waals surface area contributed by atoms with E-state index in [4.69, 9.17) is 9.47 Å². The Bertz CT molecular complexity index is 590. The topological polar surface area (TPSA) is 93.7 Å². The van der Waals surface area contributed by atoms with Gasteiger partial charge in [0.2, 0.25) is 0 Å². The van der Waals surface area contributed by atoms with Gasteiger partial charge >= 0.3 is 5.97 Å². The first-order valence-corrected chi connectivity index (χ1v) is 7.87. The molecule has 1 aromatic carbocycles. The Balaban J connectivity index is 1.59. The Morgan fingerprint density at radius 1 is 1.13 bits per heavy atom. The number of hydrazine groups is 1. The molecule has 0 bridgehead atoms. The Morgan fingerprint density at radius 3 is 2.26 bits per heavy atom. The van der Waals surface area contributed by atoms with Crippen LogP contribution in [0.25, 0.3) is 0 Å². The molecule has 124 valence electrons. The predicted molar refractivity (Wildman–Crippen MR) is 84.2 cm³/mol. The number of amides is 2. The van der Waals surface area contributed by atoms with E-state index in [0.717, 1.165) is 10.9 Å². The number of carbonyl (C=O) groups excluding carboxylic acids is 3. The summed E-state index contributed by atoms with van der Waals surface area (Å²) in [4.78, 5) is 34.4. The zero-order chi connectivity index (χ0) is 16.8. The van der Waals surface area contributed by atoms with Gasteiger partial charge in [-0.2, -0.15) is 0 Å². The number of nitrogens with one attached hydrogen (secondary N) is 2. The number of esters is 1. The quantitative estimate of drug-likeness (QED) is 0.567. The van der Waals surface area contributed by atoms with Gasteiger partial charge in [0, 0.05) is 4.47 Å². The minimum Gasteiger partial charge on any atom is -0.484 e. The molecule has 0 aliphatic heterocycles. The monoisotopic (exact) mass is 384 g/mol. The van der Waals surface area contributed by atoms with Gasteiger partial charge in [-0.15, -0.1) is 0 Å². The SMILES string of the molecule is C[C@H]1C[C@H]1C(=O)OCC(=O)NNC(=O)COc1ccc(Br)cc1. The third-order valence-corrected chi connectivity index (χ3v) is 3.81. The second-order valence-corrected chi connectivity index (χ2v) is 6.18. The van der Waals surface area contributed by atoms with Crippen molar-refractivity contribution >= 4 is 33.7 Å². The molecule has 1 aliphatic carbocycles. The van der Waals surface area contributed by atoms with Crippen molar-refractivity contribution in [3.05, 3.63) is 28.7 Å². The van der Waals surface area contributed by atoms with Crippen LogP contribution in [0.3, 0.4) is 0 Å². The lowest BCUT2D eigenvalue weighted by atomic mass is 10.3. The van der Waals surface area contributed by atoms with E-state index in [0.29, 0.717) is 11.7 Å². The van der Waals surface area contributed by atoms with Gasteiger partial charge in [0.1, 0.15) is 5.75 Å². The normalized spacial score (nSPS) is 18.7. The van der Waals surface area contributed by atoms with E-state index in [9.17, 15) is 14.4 Å². The molecule has 0 spiro atoms. The van der Waals surface area contributed by atoms with Crippen molar-refractivity contribution < 1.29 is 23.9 Å². The average molecular weight is 385 g/mol. The van der Waals surface area contributed by atoms with Crippen LogP contribution in [0.1, 0.15) is 13.3 Å². The van der Waals surface area contributed by atoms with Gasteiger partial charge in [0.15, 0.2) is 13.2 Å². The molecular formula is C15H17BrN2O5.